The lowest BCUT2D eigenvalue weighted by Crippen LogP contribution is -2.25. The molecule has 0 bridgehead atoms. The summed E-state index contributed by atoms with van der Waals surface area (Å²) >= 11 is 0. The van der Waals surface area contributed by atoms with E-state index in [1.165, 1.54) is 12.1 Å². The molecule has 0 saturated heterocycles. The Kier molecular flexibility index (Phi) is 4.65. The van der Waals surface area contributed by atoms with Crippen LogP contribution in [0.25, 0.3) is 11.1 Å². The van der Waals surface area contributed by atoms with Crippen molar-refractivity contribution in [2.75, 3.05) is 0 Å². The zero-order valence-corrected chi connectivity index (χ0v) is 15.5. The summed E-state index contributed by atoms with van der Waals surface area (Å²) in [5.41, 5.74) is 8.57. The summed E-state index contributed by atoms with van der Waals surface area (Å²) < 4.78 is 25.0. The molecule has 1 aliphatic rings. The van der Waals surface area contributed by atoms with Gasteiger partial charge in [-0.3, -0.25) is 0 Å². The van der Waals surface area contributed by atoms with Crippen molar-refractivity contribution in [3.05, 3.63) is 53.3 Å². The minimum absolute atomic E-state index is 0.0130. The van der Waals surface area contributed by atoms with Crippen molar-refractivity contribution < 1.29 is 18.7 Å². The van der Waals surface area contributed by atoms with Gasteiger partial charge in [-0.25, -0.2) is 9.18 Å². The maximum atomic E-state index is 13.8. The number of rotatable bonds is 4. The predicted octanol–water partition coefficient (Wildman–Crippen LogP) is 5.00. The molecule has 3 rings (SSSR count). The number of hydrogen-bond donors (Lipinski definition) is 1. The number of benzene rings is 2. The van der Waals surface area contributed by atoms with Gasteiger partial charge in [-0.1, -0.05) is 32.0 Å². The number of primary amides is 1. The average molecular weight is 357 g/mol. The number of amides is 1. The van der Waals surface area contributed by atoms with Crippen LogP contribution < -0.4 is 10.5 Å². The van der Waals surface area contributed by atoms with E-state index in [4.69, 9.17) is 15.2 Å². The second-order valence-electron chi connectivity index (χ2n) is 7.70. The standard InChI is InChI=1S/C21H24FNO3/c1-12(2)25-18-8-6-15(22)10-17(18)13-5-7-16-14(9-13)11-21(3,4)19(16)26-20(23)24/h5-10,12,19H,11H2,1-4H3,(H2,23,24). The molecule has 0 saturated carbocycles. The summed E-state index contributed by atoms with van der Waals surface area (Å²) in [6.07, 6.45) is -0.439. The van der Waals surface area contributed by atoms with E-state index in [0.717, 1.165) is 23.1 Å². The molecule has 1 atom stereocenters. The first-order valence-corrected chi connectivity index (χ1v) is 8.73. The zero-order chi connectivity index (χ0) is 19.1. The highest BCUT2D eigenvalue weighted by molar-refractivity contribution is 5.72. The lowest BCUT2D eigenvalue weighted by Gasteiger charge is -2.26. The summed E-state index contributed by atoms with van der Waals surface area (Å²) in [4.78, 5) is 11.3. The van der Waals surface area contributed by atoms with Crippen LogP contribution in [0, 0.1) is 11.2 Å². The number of fused-ring (bicyclic) bond motifs is 1. The zero-order valence-electron chi connectivity index (χ0n) is 15.5. The van der Waals surface area contributed by atoms with Crippen molar-refractivity contribution in [1.82, 2.24) is 0 Å². The second kappa shape index (κ2) is 6.63. The van der Waals surface area contributed by atoms with E-state index in [0.29, 0.717) is 11.3 Å². The molecule has 0 aromatic heterocycles. The van der Waals surface area contributed by atoms with Crippen molar-refractivity contribution in [1.29, 1.82) is 0 Å². The van der Waals surface area contributed by atoms with Crippen LogP contribution in [-0.4, -0.2) is 12.2 Å². The van der Waals surface area contributed by atoms with Gasteiger partial charge in [0.05, 0.1) is 6.10 Å². The normalized spacial score (nSPS) is 17.8. The van der Waals surface area contributed by atoms with Gasteiger partial charge in [0.2, 0.25) is 0 Å². The van der Waals surface area contributed by atoms with E-state index in [9.17, 15) is 9.18 Å². The van der Waals surface area contributed by atoms with Gasteiger partial charge in [0.25, 0.3) is 0 Å². The summed E-state index contributed by atoms with van der Waals surface area (Å²) in [7, 11) is 0. The third kappa shape index (κ3) is 3.52. The van der Waals surface area contributed by atoms with Crippen LogP contribution in [-0.2, 0) is 11.2 Å². The van der Waals surface area contributed by atoms with Gasteiger partial charge in [-0.15, -0.1) is 0 Å². The Morgan fingerprint density at radius 1 is 1.23 bits per heavy atom. The highest BCUT2D eigenvalue weighted by Gasteiger charge is 2.41. The number of halogens is 1. The molecule has 0 spiro atoms. The summed E-state index contributed by atoms with van der Waals surface area (Å²) in [5.74, 6) is 0.329. The highest BCUT2D eigenvalue weighted by Crippen LogP contribution is 2.48. The average Bonchev–Trinajstić information content (AvgIpc) is 2.78. The minimum atomic E-state index is -0.780. The van der Waals surface area contributed by atoms with Crippen LogP contribution in [0.15, 0.2) is 36.4 Å². The quantitative estimate of drug-likeness (QED) is 0.838. The first-order chi connectivity index (χ1) is 12.2. The number of ether oxygens (including phenoxy) is 2. The molecule has 2 N–H and O–H groups in total. The van der Waals surface area contributed by atoms with Gasteiger partial charge < -0.3 is 15.2 Å². The maximum Gasteiger partial charge on any atom is 0.405 e. The Labute approximate surface area is 153 Å². The molecular formula is C21H24FNO3. The van der Waals surface area contributed by atoms with E-state index < -0.39 is 6.09 Å². The van der Waals surface area contributed by atoms with Gasteiger partial charge in [-0.2, -0.15) is 0 Å². The van der Waals surface area contributed by atoms with Crippen molar-refractivity contribution >= 4 is 6.09 Å². The van der Waals surface area contributed by atoms with Crippen molar-refractivity contribution in [3.8, 4) is 16.9 Å². The van der Waals surface area contributed by atoms with Gasteiger partial charge in [-0.05, 0) is 55.2 Å². The molecule has 2 aromatic carbocycles. The Balaban J connectivity index is 2.04. The molecular weight excluding hydrogens is 333 g/mol. The number of carbonyl (C=O) groups excluding carboxylic acids is 1. The molecule has 138 valence electrons. The van der Waals surface area contributed by atoms with E-state index in [1.54, 1.807) is 6.07 Å². The molecule has 26 heavy (non-hydrogen) atoms. The van der Waals surface area contributed by atoms with Crippen LogP contribution in [0.1, 0.15) is 44.9 Å². The van der Waals surface area contributed by atoms with Crippen LogP contribution in [0.3, 0.4) is 0 Å². The van der Waals surface area contributed by atoms with Gasteiger partial charge in [0.1, 0.15) is 17.7 Å². The number of hydrogen-bond acceptors (Lipinski definition) is 3. The topological polar surface area (TPSA) is 61.6 Å². The van der Waals surface area contributed by atoms with Crippen molar-refractivity contribution in [3.63, 3.8) is 0 Å². The summed E-state index contributed by atoms with van der Waals surface area (Å²) in [5, 5.41) is 0. The van der Waals surface area contributed by atoms with Crippen LogP contribution in [0.2, 0.25) is 0 Å². The van der Waals surface area contributed by atoms with E-state index in [-0.39, 0.29) is 23.4 Å². The molecule has 5 heteroatoms. The fraction of sp³-hybridized carbons (Fsp3) is 0.381. The minimum Gasteiger partial charge on any atom is -0.490 e. The molecule has 0 fully saturated rings. The molecule has 0 aliphatic heterocycles. The van der Waals surface area contributed by atoms with Crippen LogP contribution in [0.5, 0.6) is 5.75 Å². The predicted molar refractivity (Wildman–Crippen MR) is 98.5 cm³/mol. The lowest BCUT2D eigenvalue weighted by atomic mass is 9.87. The Bertz CT molecular complexity index is 845. The largest absolute Gasteiger partial charge is 0.490 e. The third-order valence-electron chi connectivity index (χ3n) is 4.63. The Hall–Kier alpha value is -2.56. The first kappa shape index (κ1) is 18.2. The fourth-order valence-corrected chi connectivity index (χ4v) is 3.61. The Morgan fingerprint density at radius 3 is 2.62 bits per heavy atom. The third-order valence-corrected chi connectivity index (χ3v) is 4.63. The SMILES string of the molecule is CC(C)Oc1ccc(F)cc1-c1ccc2c(c1)CC(C)(C)C2OC(N)=O. The fourth-order valence-electron chi connectivity index (χ4n) is 3.61. The molecule has 1 unspecified atom stereocenters. The van der Waals surface area contributed by atoms with Gasteiger partial charge >= 0.3 is 6.09 Å². The maximum absolute atomic E-state index is 13.8. The molecule has 0 radical (unpaired) electrons. The first-order valence-electron chi connectivity index (χ1n) is 8.73. The van der Waals surface area contributed by atoms with E-state index in [1.807, 2.05) is 45.9 Å². The molecule has 1 amide bonds. The summed E-state index contributed by atoms with van der Waals surface area (Å²) in [6.45, 7) is 7.94. The highest BCUT2D eigenvalue weighted by atomic mass is 19.1. The number of carbonyl (C=O) groups is 1. The molecule has 2 aromatic rings. The Morgan fingerprint density at radius 2 is 1.96 bits per heavy atom. The van der Waals surface area contributed by atoms with Gasteiger partial charge in [0, 0.05) is 11.0 Å². The van der Waals surface area contributed by atoms with Gasteiger partial charge in [0.15, 0.2) is 0 Å². The molecule has 1 aliphatic carbocycles. The molecule has 0 heterocycles. The van der Waals surface area contributed by atoms with Crippen molar-refractivity contribution in [2.45, 2.75) is 46.3 Å². The van der Waals surface area contributed by atoms with E-state index in [2.05, 4.69) is 0 Å². The molecule has 4 nitrogen and oxygen atoms in total. The van der Waals surface area contributed by atoms with Crippen molar-refractivity contribution in [2.24, 2.45) is 11.1 Å². The van der Waals surface area contributed by atoms with E-state index >= 15 is 0 Å². The summed E-state index contributed by atoms with van der Waals surface area (Å²) in [6, 6.07) is 10.4. The monoisotopic (exact) mass is 357 g/mol. The second-order valence-corrected chi connectivity index (χ2v) is 7.70. The lowest BCUT2D eigenvalue weighted by molar-refractivity contribution is 0.0392. The smallest absolute Gasteiger partial charge is 0.405 e. The number of nitrogens with two attached hydrogens (primary N) is 1. The van der Waals surface area contributed by atoms with Crippen LogP contribution in [0.4, 0.5) is 9.18 Å². The van der Waals surface area contributed by atoms with Crippen LogP contribution >= 0.6 is 0 Å².